The molecule has 5 nitrogen and oxygen atoms in total. The maximum atomic E-state index is 12.3. The lowest BCUT2D eigenvalue weighted by Crippen LogP contribution is -2.10. The summed E-state index contributed by atoms with van der Waals surface area (Å²) in [4.78, 5) is 22.8. The Bertz CT molecular complexity index is 760. The van der Waals surface area contributed by atoms with E-state index in [1.807, 2.05) is 31.2 Å². The van der Waals surface area contributed by atoms with Gasteiger partial charge in [0.05, 0.1) is 7.11 Å². The van der Waals surface area contributed by atoms with E-state index in [2.05, 4.69) is 0 Å². The van der Waals surface area contributed by atoms with Crippen molar-refractivity contribution in [2.45, 2.75) is 6.92 Å². The molecule has 0 saturated carbocycles. The Labute approximate surface area is 140 Å². The molecule has 0 atom stereocenters. The number of hydrogen-bond acceptors (Lipinski definition) is 4. The van der Waals surface area contributed by atoms with Crippen LogP contribution >= 0.6 is 0 Å². The first-order chi connectivity index (χ1) is 11.5. The fourth-order valence-corrected chi connectivity index (χ4v) is 2.03. The standard InChI is InChI=1S/C19H18O5/c1-13-3-5-14(6-4-13)7-9-16(20)15-8-10-17(18(11-15)23-2)24-12-19(21)22/h3-11H,12H2,1-2H3,(H,21,22)/b9-7+. The molecule has 0 bridgehead atoms. The Morgan fingerprint density at radius 1 is 1.08 bits per heavy atom. The first-order valence-corrected chi connectivity index (χ1v) is 7.31. The molecule has 0 unspecified atom stereocenters. The maximum absolute atomic E-state index is 12.3. The van der Waals surface area contributed by atoms with E-state index >= 15 is 0 Å². The van der Waals surface area contributed by atoms with Crippen molar-refractivity contribution in [2.75, 3.05) is 13.7 Å². The minimum Gasteiger partial charge on any atom is -0.493 e. The fourth-order valence-electron chi connectivity index (χ4n) is 2.03. The van der Waals surface area contributed by atoms with Gasteiger partial charge in [0.15, 0.2) is 23.9 Å². The molecule has 1 N–H and O–H groups in total. The van der Waals surface area contributed by atoms with Crippen molar-refractivity contribution in [3.63, 3.8) is 0 Å². The summed E-state index contributed by atoms with van der Waals surface area (Å²) < 4.78 is 10.3. The van der Waals surface area contributed by atoms with E-state index in [-0.39, 0.29) is 11.5 Å². The predicted octanol–water partition coefficient (Wildman–Crippen LogP) is 3.36. The molecule has 0 spiro atoms. The molecule has 2 rings (SSSR count). The van der Waals surface area contributed by atoms with Gasteiger partial charge in [0.25, 0.3) is 0 Å². The second-order valence-electron chi connectivity index (χ2n) is 5.16. The second-order valence-corrected chi connectivity index (χ2v) is 5.16. The minimum absolute atomic E-state index is 0.182. The van der Waals surface area contributed by atoms with Crippen LogP contribution in [0.3, 0.4) is 0 Å². The number of aryl methyl sites for hydroxylation is 1. The number of carbonyl (C=O) groups excluding carboxylic acids is 1. The van der Waals surface area contributed by atoms with E-state index in [0.717, 1.165) is 11.1 Å². The van der Waals surface area contributed by atoms with Gasteiger partial charge in [0.1, 0.15) is 0 Å². The van der Waals surface area contributed by atoms with Crippen LogP contribution in [0.2, 0.25) is 0 Å². The summed E-state index contributed by atoms with van der Waals surface area (Å²) >= 11 is 0. The first kappa shape index (κ1) is 17.3. The number of methoxy groups -OCH3 is 1. The average Bonchev–Trinajstić information content (AvgIpc) is 2.59. The van der Waals surface area contributed by atoms with Crippen LogP contribution in [0, 0.1) is 6.92 Å². The molecule has 2 aromatic rings. The highest BCUT2D eigenvalue weighted by Gasteiger charge is 2.10. The van der Waals surface area contributed by atoms with Gasteiger partial charge in [-0.05, 0) is 36.8 Å². The fraction of sp³-hybridized carbons (Fsp3) is 0.158. The van der Waals surface area contributed by atoms with Crippen molar-refractivity contribution in [1.82, 2.24) is 0 Å². The summed E-state index contributed by atoms with van der Waals surface area (Å²) in [6.45, 7) is 1.52. The zero-order chi connectivity index (χ0) is 17.5. The smallest absolute Gasteiger partial charge is 0.341 e. The molecule has 0 heterocycles. The molecule has 0 radical (unpaired) electrons. The van der Waals surface area contributed by atoms with Crippen LogP contribution < -0.4 is 9.47 Å². The lowest BCUT2D eigenvalue weighted by molar-refractivity contribution is -0.139. The monoisotopic (exact) mass is 326 g/mol. The van der Waals surface area contributed by atoms with Gasteiger partial charge < -0.3 is 14.6 Å². The number of ether oxygens (including phenoxy) is 2. The number of ketones is 1. The number of carbonyl (C=O) groups is 2. The van der Waals surface area contributed by atoms with Gasteiger partial charge in [0, 0.05) is 5.56 Å². The summed E-state index contributed by atoms with van der Waals surface area (Å²) in [5, 5.41) is 8.65. The van der Waals surface area contributed by atoms with Gasteiger partial charge in [-0.2, -0.15) is 0 Å². The molecule has 0 aliphatic heterocycles. The number of allylic oxidation sites excluding steroid dienone is 1. The summed E-state index contributed by atoms with van der Waals surface area (Å²) in [5.41, 5.74) is 2.51. The van der Waals surface area contributed by atoms with Crippen LogP contribution in [-0.4, -0.2) is 30.6 Å². The van der Waals surface area contributed by atoms with Gasteiger partial charge in [-0.3, -0.25) is 4.79 Å². The van der Waals surface area contributed by atoms with Gasteiger partial charge in [-0.1, -0.05) is 35.9 Å². The second kappa shape index (κ2) is 7.97. The number of hydrogen-bond donors (Lipinski definition) is 1. The highest BCUT2D eigenvalue weighted by Crippen LogP contribution is 2.28. The van der Waals surface area contributed by atoms with Crippen LogP contribution in [0.25, 0.3) is 6.08 Å². The molecule has 0 amide bonds. The van der Waals surface area contributed by atoms with Crippen molar-refractivity contribution in [1.29, 1.82) is 0 Å². The van der Waals surface area contributed by atoms with Gasteiger partial charge in [0.2, 0.25) is 0 Å². The van der Waals surface area contributed by atoms with Crippen LogP contribution in [0.5, 0.6) is 11.5 Å². The summed E-state index contributed by atoms with van der Waals surface area (Å²) in [5.74, 6) is -0.679. The normalized spacial score (nSPS) is 10.6. The molecule has 0 saturated heterocycles. The van der Waals surface area contributed by atoms with Gasteiger partial charge in [-0.25, -0.2) is 4.79 Å². The third kappa shape index (κ3) is 4.71. The van der Waals surface area contributed by atoms with Crippen LogP contribution in [0.4, 0.5) is 0 Å². The number of aliphatic carboxylic acids is 1. The van der Waals surface area contributed by atoms with Crippen molar-refractivity contribution < 1.29 is 24.2 Å². The molecule has 2 aromatic carbocycles. The molecular formula is C19H18O5. The maximum Gasteiger partial charge on any atom is 0.341 e. The topological polar surface area (TPSA) is 72.8 Å². The molecule has 0 aliphatic rings. The summed E-state index contributed by atoms with van der Waals surface area (Å²) in [7, 11) is 1.43. The Morgan fingerprint density at radius 3 is 2.42 bits per heavy atom. The minimum atomic E-state index is -1.08. The molecule has 5 heteroatoms. The van der Waals surface area contributed by atoms with Gasteiger partial charge in [-0.15, -0.1) is 0 Å². The molecule has 0 aliphatic carbocycles. The Balaban J connectivity index is 2.14. The van der Waals surface area contributed by atoms with Crippen molar-refractivity contribution in [2.24, 2.45) is 0 Å². The lowest BCUT2D eigenvalue weighted by Gasteiger charge is -2.09. The first-order valence-electron chi connectivity index (χ1n) is 7.31. The van der Waals surface area contributed by atoms with E-state index in [1.165, 1.54) is 25.3 Å². The Morgan fingerprint density at radius 2 is 1.79 bits per heavy atom. The highest BCUT2D eigenvalue weighted by atomic mass is 16.5. The van der Waals surface area contributed by atoms with Crippen LogP contribution in [0.15, 0.2) is 48.5 Å². The third-order valence-corrected chi connectivity index (χ3v) is 3.30. The Kier molecular flexibility index (Phi) is 5.73. The lowest BCUT2D eigenvalue weighted by atomic mass is 10.1. The summed E-state index contributed by atoms with van der Waals surface area (Å²) in [6.07, 6.45) is 3.22. The van der Waals surface area contributed by atoms with E-state index in [4.69, 9.17) is 14.6 Å². The van der Waals surface area contributed by atoms with E-state index < -0.39 is 12.6 Å². The molecule has 24 heavy (non-hydrogen) atoms. The molecule has 124 valence electrons. The SMILES string of the molecule is COc1cc(C(=O)/C=C/c2ccc(C)cc2)ccc1OCC(=O)O. The van der Waals surface area contributed by atoms with E-state index in [0.29, 0.717) is 11.3 Å². The molecular weight excluding hydrogens is 308 g/mol. The predicted molar refractivity (Wildman–Crippen MR) is 90.7 cm³/mol. The highest BCUT2D eigenvalue weighted by molar-refractivity contribution is 6.07. The largest absolute Gasteiger partial charge is 0.493 e. The number of rotatable bonds is 7. The zero-order valence-electron chi connectivity index (χ0n) is 13.5. The van der Waals surface area contributed by atoms with Gasteiger partial charge >= 0.3 is 5.97 Å². The van der Waals surface area contributed by atoms with Crippen LogP contribution in [0.1, 0.15) is 21.5 Å². The summed E-state index contributed by atoms with van der Waals surface area (Å²) in [6, 6.07) is 12.4. The Hall–Kier alpha value is -3.08. The van der Waals surface area contributed by atoms with Crippen molar-refractivity contribution in [3.8, 4) is 11.5 Å². The van der Waals surface area contributed by atoms with Crippen molar-refractivity contribution in [3.05, 3.63) is 65.2 Å². The quantitative estimate of drug-likeness (QED) is 0.624. The molecule has 0 aromatic heterocycles. The molecule has 0 fully saturated rings. The average molecular weight is 326 g/mol. The number of carboxylic acid groups (broad SMARTS) is 1. The zero-order valence-corrected chi connectivity index (χ0v) is 13.5. The third-order valence-electron chi connectivity index (χ3n) is 3.30. The van der Waals surface area contributed by atoms with E-state index in [9.17, 15) is 9.59 Å². The number of carboxylic acids is 1. The van der Waals surface area contributed by atoms with E-state index in [1.54, 1.807) is 12.1 Å². The number of benzene rings is 2. The van der Waals surface area contributed by atoms with Crippen LogP contribution in [-0.2, 0) is 4.79 Å². The van der Waals surface area contributed by atoms with Crippen molar-refractivity contribution >= 4 is 17.8 Å².